The van der Waals surface area contributed by atoms with Crippen LogP contribution in [0.4, 0.5) is 0 Å². The molecule has 0 fully saturated rings. The van der Waals surface area contributed by atoms with E-state index in [1.165, 1.54) is 5.56 Å². The van der Waals surface area contributed by atoms with Crippen molar-refractivity contribution < 1.29 is 9.84 Å². The topological polar surface area (TPSA) is 58.3 Å². The van der Waals surface area contributed by atoms with Crippen molar-refractivity contribution in [3.63, 3.8) is 0 Å². The first-order valence-electron chi connectivity index (χ1n) is 13.1. The molecule has 1 aliphatic heterocycles. The second kappa shape index (κ2) is 10.7. The molecule has 3 heterocycles. The van der Waals surface area contributed by atoms with Crippen molar-refractivity contribution in [2.45, 2.75) is 52.6 Å². The van der Waals surface area contributed by atoms with Crippen LogP contribution in [0.25, 0.3) is 10.9 Å². The molecule has 2 aromatic carbocycles. The number of aromatic amines is 1. The maximum Gasteiger partial charge on any atom is 0.214 e. The first-order chi connectivity index (χ1) is 17.8. The van der Waals surface area contributed by atoms with Gasteiger partial charge in [0.15, 0.2) is 4.77 Å². The molecule has 0 saturated carbocycles. The molecule has 0 bridgehead atoms. The van der Waals surface area contributed by atoms with Crippen molar-refractivity contribution >= 4 is 39.1 Å². The van der Waals surface area contributed by atoms with Crippen molar-refractivity contribution in [2.75, 3.05) is 26.2 Å². The van der Waals surface area contributed by atoms with Crippen LogP contribution in [-0.2, 0) is 6.42 Å². The first kappa shape index (κ1) is 26.1. The van der Waals surface area contributed by atoms with Crippen molar-refractivity contribution in [1.82, 2.24) is 19.0 Å². The summed E-state index contributed by atoms with van der Waals surface area (Å²) in [5, 5.41) is 12.4. The summed E-state index contributed by atoms with van der Waals surface area (Å²) in [5.41, 5.74) is 5.35. The molecule has 0 spiro atoms. The lowest BCUT2D eigenvalue weighted by atomic mass is 9.93. The summed E-state index contributed by atoms with van der Waals surface area (Å²) >= 11 is 9.57. The SMILES string of the molecule is CCN(CC)CCCOc1ccc(C2c3[nH]c4ccc(Br)cc4c3Cc3c(O)n(C(C)C)c(=S)n32)cc1. The van der Waals surface area contributed by atoms with Gasteiger partial charge < -0.3 is 24.3 Å². The normalized spacial score (nSPS) is 14.9. The van der Waals surface area contributed by atoms with Crippen molar-refractivity contribution in [2.24, 2.45) is 0 Å². The van der Waals surface area contributed by atoms with Gasteiger partial charge in [-0.25, -0.2) is 0 Å². The van der Waals surface area contributed by atoms with Gasteiger partial charge in [0.1, 0.15) is 11.8 Å². The smallest absolute Gasteiger partial charge is 0.214 e. The van der Waals surface area contributed by atoms with Crippen LogP contribution in [0.1, 0.15) is 68.7 Å². The minimum absolute atomic E-state index is 0.0580. The highest BCUT2D eigenvalue weighted by Gasteiger charge is 2.34. The summed E-state index contributed by atoms with van der Waals surface area (Å²) in [6.45, 7) is 12.4. The second-order valence-corrected chi connectivity index (χ2v) is 11.3. The fraction of sp³-hybridized carbons (Fsp3) is 0.414. The summed E-state index contributed by atoms with van der Waals surface area (Å²) in [5.74, 6) is 1.12. The predicted molar refractivity (Wildman–Crippen MR) is 156 cm³/mol. The Morgan fingerprint density at radius 1 is 1.16 bits per heavy atom. The predicted octanol–water partition coefficient (Wildman–Crippen LogP) is 7.20. The molecule has 0 amide bonds. The molecule has 6 nitrogen and oxygen atoms in total. The molecular weight excluding hydrogens is 548 g/mol. The molecule has 5 rings (SSSR count). The fourth-order valence-corrected chi connectivity index (χ4v) is 6.38. The Balaban J connectivity index is 1.52. The lowest BCUT2D eigenvalue weighted by molar-refractivity contribution is 0.249. The zero-order chi connectivity index (χ0) is 26.3. The number of nitrogens with one attached hydrogen (secondary N) is 1. The van der Waals surface area contributed by atoms with Gasteiger partial charge in [-0.2, -0.15) is 0 Å². The van der Waals surface area contributed by atoms with Crippen LogP contribution in [-0.4, -0.2) is 50.4 Å². The molecule has 1 aliphatic rings. The summed E-state index contributed by atoms with van der Waals surface area (Å²) in [6.07, 6.45) is 1.62. The van der Waals surface area contributed by atoms with Gasteiger partial charge in [-0.05, 0) is 87.0 Å². The van der Waals surface area contributed by atoms with Crippen molar-refractivity contribution in [3.05, 3.63) is 74.2 Å². The van der Waals surface area contributed by atoms with E-state index in [-0.39, 0.29) is 18.0 Å². The molecule has 2 N–H and O–H groups in total. The molecule has 196 valence electrons. The summed E-state index contributed by atoms with van der Waals surface area (Å²) in [7, 11) is 0. The molecule has 0 radical (unpaired) electrons. The first-order valence-corrected chi connectivity index (χ1v) is 14.3. The molecular formula is C29H35BrN4O2S. The number of nitrogens with zero attached hydrogens (tertiary/aromatic N) is 3. The van der Waals surface area contributed by atoms with E-state index in [0.717, 1.165) is 64.1 Å². The van der Waals surface area contributed by atoms with E-state index < -0.39 is 0 Å². The number of rotatable bonds is 9. The third-order valence-electron chi connectivity index (χ3n) is 7.46. The quantitative estimate of drug-likeness (QED) is 0.142. The molecule has 37 heavy (non-hydrogen) atoms. The monoisotopic (exact) mass is 582 g/mol. The minimum Gasteiger partial charge on any atom is -0.494 e. The molecule has 0 aliphatic carbocycles. The Morgan fingerprint density at radius 3 is 2.57 bits per heavy atom. The van der Waals surface area contributed by atoms with Gasteiger partial charge in [-0.1, -0.05) is 41.9 Å². The van der Waals surface area contributed by atoms with Crippen molar-refractivity contribution in [1.29, 1.82) is 0 Å². The summed E-state index contributed by atoms with van der Waals surface area (Å²) < 4.78 is 11.7. The third-order valence-corrected chi connectivity index (χ3v) is 8.35. The number of halogens is 1. The molecule has 0 saturated heterocycles. The maximum absolute atomic E-state index is 11.3. The third kappa shape index (κ3) is 4.75. The lowest BCUT2D eigenvalue weighted by Gasteiger charge is -2.27. The van der Waals surface area contributed by atoms with Crippen LogP contribution in [0, 0.1) is 4.77 Å². The van der Waals surface area contributed by atoms with E-state index in [4.69, 9.17) is 17.0 Å². The van der Waals surface area contributed by atoms with E-state index in [0.29, 0.717) is 17.8 Å². The van der Waals surface area contributed by atoms with Crippen LogP contribution in [0.3, 0.4) is 0 Å². The molecule has 1 atom stereocenters. The largest absolute Gasteiger partial charge is 0.494 e. The van der Waals surface area contributed by atoms with Crippen LogP contribution < -0.4 is 4.74 Å². The molecule has 8 heteroatoms. The van der Waals surface area contributed by atoms with E-state index in [1.807, 2.05) is 16.7 Å². The highest BCUT2D eigenvalue weighted by atomic mass is 79.9. The highest BCUT2D eigenvalue weighted by Crippen LogP contribution is 2.44. The second-order valence-electron chi connectivity index (χ2n) is 9.97. The van der Waals surface area contributed by atoms with Gasteiger partial charge in [0.05, 0.1) is 12.3 Å². The van der Waals surface area contributed by atoms with E-state index in [1.54, 1.807) is 0 Å². The maximum atomic E-state index is 11.3. The Bertz CT molecular complexity index is 1460. The van der Waals surface area contributed by atoms with Gasteiger partial charge in [-0.3, -0.25) is 4.57 Å². The number of hydrogen-bond donors (Lipinski definition) is 2. The number of aromatic nitrogens is 3. The van der Waals surface area contributed by atoms with Crippen LogP contribution in [0.2, 0.25) is 0 Å². The average molecular weight is 584 g/mol. The number of fused-ring (bicyclic) bond motifs is 4. The van der Waals surface area contributed by atoms with Gasteiger partial charge in [0, 0.05) is 40.1 Å². The average Bonchev–Trinajstić information content (AvgIpc) is 3.37. The highest BCUT2D eigenvalue weighted by molar-refractivity contribution is 9.10. The Hall–Kier alpha value is -2.55. The van der Waals surface area contributed by atoms with Gasteiger partial charge >= 0.3 is 0 Å². The molecule has 4 aromatic rings. The van der Waals surface area contributed by atoms with Gasteiger partial charge in [-0.15, -0.1) is 0 Å². The molecule has 2 aromatic heterocycles. The minimum atomic E-state index is -0.167. The Kier molecular flexibility index (Phi) is 7.52. The van der Waals surface area contributed by atoms with Gasteiger partial charge in [0.2, 0.25) is 5.88 Å². The van der Waals surface area contributed by atoms with Gasteiger partial charge in [0.25, 0.3) is 0 Å². The summed E-state index contributed by atoms with van der Waals surface area (Å²) in [6, 6.07) is 14.5. The van der Waals surface area contributed by atoms with Crippen LogP contribution >= 0.6 is 28.1 Å². The standard InChI is InChI=1S/C29H35BrN4O2S/c1-5-32(6-2)14-7-15-36-21-11-8-19(9-12-21)27-26-23(22-16-20(30)10-13-24(22)31-26)17-25-28(35)33(18(3)4)29(37)34(25)27/h8-13,16,18,27,31,35H,5-7,14-15,17H2,1-4H3. The lowest BCUT2D eigenvalue weighted by Crippen LogP contribution is -2.25. The molecule has 1 unspecified atom stereocenters. The number of hydrogen-bond acceptors (Lipinski definition) is 4. The number of ether oxygens (including phenoxy) is 1. The van der Waals surface area contributed by atoms with E-state index in [2.05, 4.69) is 88.4 Å². The zero-order valence-corrected chi connectivity index (χ0v) is 24.3. The Morgan fingerprint density at radius 2 is 1.89 bits per heavy atom. The van der Waals surface area contributed by atoms with Crippen LogP contribution in [0.15, 0.2) is 46.9 Å². The number of benzene rings is 2. The summed E-state index contributed by atoms with van der Waals surface area (Å²) in [4.78, 5) is 6.09. The van der Waals surface area contributed by atoms with E-state index in [9.17, 15) is 5.11 Å². The number of aromatic hydroxyl groups is 1. The zero-order valence-electron chi connectivity index (χ0n) is 21.9. The number of imidazole rings is 1. The fourth-order valence-electron chi connectivity index (χ4n) is 5.51. The number of H-pyrrole nitrogens is 1. The van der Waals surface area contributed by atoms with E-state index >= 15 is 0 Å². The Labute approximate surface area is 232 Å². The van der Waals surface area contributed by atoms with Crippen LogP contribution in [0.5, 0.6) is 11.6 Å². The van der Waals surface area contributed by atoms with Crippen molar-refractivity contribution in [3.8, 4) is 11.6 Å².